The van der Waals surface area contributed by atoms with Crippen molar-refractivity contribution in [3.63, 3.8) is 0 Å². The Morgan fingerprint density at radius 3 is 2.74 bits per heavy atom. The molecule has 1 atom stereocenters. The van der Waals surface area contributed by atoms with Gasteiger partial charge >= 0.3 is 0 Å². The summed E-state index contributed by atoms with van der Waals surface area (Å²) in [7, 11) is 3.41. The lowest BCUT2D eigenvalue weighted by Crippen LogP contribution is -2.38. The Bertz CT molecular complexity index is 682. The van der Waals surface area contributed by atoms with Gasteiger partial charge < -0.3 is 19.8 Å². The predicted octanol–water partition coefficient (Wildman–Crippen LogP) is 3.79. The summed E-state index contributed by atoms with van der Waals surface area (Å²) in [6, 6.07) is 9.87. The van der Waals surface area contributed by atoms with E-state index in [1.165, 1.54) is 0 Å². The van der Waals surface area contributed by atoms with E-state index in [1.807, 2.05) is 44.2 Å². The minimum Gasteiger partial charge on any atom is -0.496 e. The number of guanidine groups is 1. The van der Waals surface area contributed by atoms with Gasteiger partial charge in [0.05, 0.1) is 13.2 Å². The molecule has 0 bridgehead atoms. The number of aliphatic imine (C=N–C) groups is 1. The Hall–Kier alpha value is -1.95. The number of rotatable bonds is 5. The second-order valence-electron chi connectivity index (χ2n) is 5.20. The summed E-state index contributed by atoms with van der Waals surface area (Å²) in [6.07, 6.45) is 0. The molecule has 6 heteroatoms. The molecule has 0 aliphatic heterocycles. The molecule has 124 valence electrons. The molecule has 2 N–H and O–H groups in total. The van der Waals surface area contributed by atoms with Gasteiger partial charge in [0, 0.05) is 23.6 Å². The molecule has 0 saturated carbocycles. The lowest BCUT2D eigenvalue weighted by atomic mass is 10.2. The van der Waals surface area contributed by atoms with E-state index in [0.717, 1.165) is 27.3 Å². The summed E-state index contributed by atoms with van der Waals surface area (Å²) < 4.78 is 12.0. The highest BCUT2D eigenvalue weighted by atomic mass is 79.9. The van der Waals surface area contributed by atoms with Gasteiger partial charge in [0.2, 0.25) is 0 Å². The number of nitrogens with one attached hydrogen (secondary N) is 2. The first-order valence-corrected chi connectivity index (χ1v) is 8.18. The summed E-state index contributed by atoms with van der Waals surface area (Å²) in [5.74, 6) is 3.32. The topological polar surface area (TPSA) is 58.8 Å². The van der Waals surface area contributed by atoms with Crippen molar-refractivity contribution in [3.05, 3.63) is 51.9 Å². The maximum absolute atomic E-state index is 5.63. The molecule has 1 unspecified atom stereocenters. The first-order chi connectivity index (χ1) is 11.0. The number of hydrogen-bond acceptors (Lipinski definition) is 3. The maximum Gasteiger partial charge on any atom is 0.191 e. The smallest absolute Gasteiger partial charge is 0.191 e. The molecule has 0 aliphatic carbocycles. The fraction of sp³-hybridized carbons (Fsp3) is 0.353. The van der Waals surface area contributed by atoms with Crippen LogP contribution in [0.25, 0.3) is 0 Å². The first-order valence-electron chi connectivity index (χ1n) is 7.39. The van der Waals surface area contributed by atoms with Crippen LogP contribution in [0.2, 0.25) is 0 Å². The van der Waals surface area contributed by atoms with Gasteiger partial charge in [-0.3, -0.25) is 4.99 Å². The van der Waals surface area contributed by atoms with Crippen LogP contribution in [-0.2, 0) is 6.54 Å². The Balaban J connectivity index is 1.99. The van der Waals surface area contributed by atoms with E-state index in [1.54, 1.807) is 14.2 Å². The third-order valence-corrected chi connectivity index (χ3v) is 3.95. The standard InChI is InChI=1S/C17H22BrN3O2/c1-11-5-7-15(23-11)12(2)21-17(19-3)20-10-13-9-14(18)6-8-16(13)22-4/h5-9,12H,10H2,1-4H3,(H2,19,20,21). The molecule has 0 spiro atoms. The average molecular weight is 380 g/mol. The molecule has 0 saturated heterocycles. The van der Waals surface area contributed by atoms with Crippen molar-refractivity contribution in [2.45, 2.75) is 26.4 Å². The van der Waals surface area contributed by atoms with E-state index in [9.17, 15) is 0 Å². The highest BCUT2D eigenvalue weighted by Crippen LogP contribution is 2.22. The Morgan fingerprint density at radius 2 is 2.13 bits per heavy atom. The van der Waals surface area contributed by atoms with Crippen molar-refractivity contribution in [1.29, 1.82) is 0 Å². The second-order valence-corrected chi connectivity index (χ2v) is 6.11. The van der Waals surface area contributed by atoms with Crippen LogP contribution in [-0.4, -0.2) is 20.1 Å². The van der Waals surface area contributed by atoms with Gasteiger partial charge in [0.1, 0.15) is 17.3 Å². The minimum atomic E-state index is 0.0271. The molecule has 0 amide bonds. The van der Waals surface area contributed by atoms with E-state index < -0.39 is 0 Å². The van der Waals surface area contributed by atoms with E-state index >= 15 is 0 Å². The van der Waals surface area contributed by atoms with Crippen molar-refractivity contribution in [2.75, 3.05) is 14.2 Å². The molecule has 0 radical (unpaired) electrons. The van der Waals surface area contributed by atoms with Crippen LogP contribution in [0.4, 0.5) is 0 Å². The van der Waals surface area contributed by atoms with Crippen LogP contribution in [0.15, 0.2) is 44.2 Å². The molecule has 1 heterocycles. The number of nitrogens with zero attached hydrogens (tertiary/aromatic N) is 1. The highest BCUT2D eigenvalue weighted by molar-refractivity contribution is 9.10. The largest absolute Gasteiger partial charge is 0.496 e. The third kappa shape index (κ3) is 4.76. The quantitative estimate of drug-likeness (QED) is 0.612. The molecule has 5 nitrogen and oxygen atoms in total. The zero-order valence-electron chi connectivity index (χ0n) is 13.8. The fourth-order valence-electron chi connectivity index (χ4n) is 2.22. The maximum atomic E-state index is 5.63. The fourth-order valence-corrected chi connectivity index (χ4v) is 2.63. The van der Waals surface area contributed by atoms with Gasteiger partial charge in [0.25, 0.3) is 0 Å². The van der Waals surface area contributed by atoms with Gasteiger partial charge in [-0.05, 0) is 44.2 Å². The number of hydrogen-bond donors (Lipinski definition) is 2. The minimum absolute atomic E-state index is 0.0271. The Kier molecular flexibility index (Phi) is 6.10. The van der Waals surface area contributed by atoms with Gasteiger partial charge in [0.15, 0.2) is 5.96 Å². The number of furan rings is 1. The zero-order valence-corrected chi connectivity index (χ0v) is 15.4. The number of halogens is 1. The summed E-state index contributed by atoms with van der Waals surface area (Å²) in [4.78, 5) is 4.25. The molecule has 0 aliphatic rings. The van der Waals surface area contributed by atoms with Crippen LogP contribution >= 0.6 is 15.9 Å². The summed E-state index contributed by atoms with van der Waals surface area (Å²) in [5, 5.41) is 6.60. The van der Waals surface area contributed by atoms with Crippen LogP contribution in [0.3, 0.4) is 0 Å². The van der Waals surface area contributed by atoms with E-state index in [2.05, 4.69) is 31.6 Å². The average Bonchev–Trinajstić information content (AvgIpc) is 2.98. The van der Waals surface area contributed by atoms with Crippen LogP contribution in [0.5, 0.6) is 5.75 Å². The summed E-state index contributed by atoms with van der Waals surface area (Å²) in [5.41, 5.74) is 1.05. The second kappa shape index (κ2) is 8.06. The van der Waals surface area contributed by atoms with Crippen LogP contribution in [0.1, 0.15) is 30.0 Å². The zero-order chi connectivity index (χ0) is 16.8. The predicted molar refractivity (Wildman–Crippen MR) is 95.9 cm³/mol. The normalized spacial score (nSPS) is 12.8. The van der Waals surface area contributed by atoms with Gasteiger partial charge in [-0.1, -0.05) is 15.9 Å². The van der Waals surface area contributed by atoms with Crippen molar-refractivity contribution in [2.24, 2.45) is 4.99 Å². The number of ether oxygens (including phenoxy) is 1. The molecule has 2 aromatic rings. The van der Waals surface area contributed by atoms with Crippen molar-refractivity contribution < 1.29 is 9.15 Å². The van der Waals surface area contributed by atoms with E-state index in [-0.39, 0.29) is 6.04 Å². The van der Waals surface area contributed by atoms with Crippen LogP contribution in [0, 0.1) is 6.92 Å². The number of benzene rings is 1. The number of aryl methyl sites for hydroxylation is 1. The van der Waals surface area contributed by atoms with Crippen molar-refractivity contribution >= 4 is 21.9 Å². The monoisotopic (exact) mass is 379 g/mol. The Labute approximate surface area is 145 Å². The summed E-state index contributed by atoms with van der Waals surface area (Å²) >= 11 is 3.48. The SMILES string of the molecule is CN=C(NCc1cc(Br)ccc1OC)NC(C)c1ccc(C)o1. The third-order valence-electron chi connectivity index (χ3n) is 3.45. The highest BCUT2D eigenvalue weighted by Gasteiger charge is 2.12. The molecule has 2 rings (SSSR count). The van der Waals surface area contributed by atoms with Crippen molar-refractivity contribution in [1.82, 2.24) is 10.6 Å². The van der Waals surface area contributed by atoms with Gasteiger partial charge in [-0.2, -0.15) is 0 Å². The van der Waals surface area contributed by atoms with Gasteiger partial charge in [-0.25, -0.2) is 0 Å². The van der Waals surface area contributed by atoms with Crippen LogP contribution < -0.4 is 15.4 Å². The molecule has 0 fully saturated rings. The van der Waals surface area contributed by atoms with E-state index in [0.29, 0.717) is 12.5 Å². The lowest BCUT2D eigenvalue weighted by Gasteiger charge is -2.17. The van der Waals surface area contributed by atoms with Gasteiger partial charge in [-0.15, -0.1) is 0 Å². The number of methoxy groups -OCH3 is 1. The lowest BCUT2D eigenvalue weighted by molar-refractivity contribution is 0.408. The molecule has 1 aromatic heterocycles. The Morgan fingerprint density at radius 1 is 1.35 bits per heavy atom. The molecule has 23 heavy (non-hydrogen) atoms. The molecular formula is C17H22BrN3O2. The van der Waals surface area contributed by atoms with E-state index in [4.69, 9.17) is 9.15 Å². The molecule has 1 aromatic carbocycles. The summed E-state index contributed by atoms with van der Waals surface area (Å²) in [6.45, 7) is 4.57. The molecular weight excluding hydrogens is 358 g/mol. The first kappa shape index (κ1) is 17.4. The van der Waals surface area contributed by atoms with Crippen molar-refractivity contribution in [3.8, 4) is 5.75 Å².